The van der Waals surface area contributed by atoms with Gasteiger partial charge < -0.3 is 10.1 Å². The minimum Gasteiger partial charge on any atom is -0.494 e. The number of ether oxygens (including phenoxy) is 1. The summed E-state index contributed by atoms with van der Waals surface area (Å²) in [5.41, 5.74) is 2.09. The fourth-order valence-electron chi connectivity index (χ4n) is 3.34. The predicted octanol–water partition coefficient (Wildman–Crippen LogP) is 4.02. The third kappa shape index (κ3) is 4.02. The van der Waals surface area contributed by atoms with E-state index in [9.17, 15) is 14.0 Å². The number of carbonyl (C=O) groups excluding carboxylic acids is 1. The van der Waals surface area contributed by atoms with Gasteiger partial charge >= 0.3 is 0 Å². The summed E-state index contributed by atoms with van der Waals surface area (Å²) in [5.74, 6) is -0.643. The minimum absolute atomic E-state index is 0.149. The smallest absolute Gasteiger partial charge is 0.265 e. The van der Waals surface area contributed by atoms with Crippen LogP contribution in [0, 0.1) is 5.82 Å². The van der Waals surface area contributed by atoms with E-state index in [1.807, 2.05) is 6.07 Å². The van der Waals surface area contributed by atoms with E-state index in [1.54, 1.807) is 55.5 Å². The number of para-hydroxylation sites is 1. The first-order valence-electron chi connectivity index (χ1n) is 9.69. The summed E-state index contributed by atoms with van der Waals surface area (Å²) >= 11 is 0. The van der Waals surface area contributed by atoms with Crippen molar-refractivity contribution in [3.8, 4) is 11.4 Å². The number of methoxy groups -OCH3 is 1. The lowest BCUT2D eigenvalue weighted by Crippen LogP contribution is -2.26. The number of aromatic nitrogens is 2. The Morgan fingerprint density at radius 3 is 2.55 bits per heavy atom. The zero-order valence-electron chi connectivity index (χ0n) is 17.0. The van der Waals surface area contributed by atoms with Gasteiger partial charge in [0.15, 0.2) is 11.6 Å². The van der Waals surface area contributed by atoms with Crippen LogP contribution in [0.25, 0.3) is 16.6 Å². The molecule has 1 N–H and O–H groups in total. The lowest BCUT2D eigenvalue weighted by atomic mass is 10.1. The molecule has 1 aromatic heterocycles. The van der Waals surface area contributed by atoms with E-state index in [0.717, 1.165) is 0 Å². The summed E-state index contributed by atoms with van der Waals surface area (Å²) < 4.78 is 20.3. The quantitative estimate of drug-likeness (QED) is 0.532. The first-order chi connectivity index (χ1) is 15.0. The van der Waals surface area contributed by atoms with Crippen molar-refractivity contribution in [1.82, 2.24) is 14.9 Å². The molecule has 1 atom stereocenters. The van der Waals surface area contributed by atoms with Gasteiger partial charge in [-0.05, 0) is 61.0 Å². The largest absolute Gasteiger partial charge is 0.494 e. The molecule has 0 aliphatic heterocycles. The van der Waals surface area contributed by atoms with Gasteiger partial charge in [-0.15, -0.1) is 0 Å². The predicted molar refractivity (Wildman–Crippen MR) is 116 cm³/mol. The molecule has 0 spiro atoms. The molecule has 0 fully saturated rings. The van der Waals surface area contributed by atoms with Crippen molar-refractivity contribution < 1.29 is 13.9 Å². The van der Waals surface area contributed by atoms with Crippen LogP contribution in [-0.4, -0.2) is 22.6 Å². The minimum atomic E-state index is -0.486. The molecule has 1 heterocycles. The standard InChI is InChI=1S/C24H20FN3O3/c1-15(17-9-12-22(31-2)20(25)13-17)27-23(29)16-7-10-18(11-8-16)28-14-26-21-6-4-3-5-19(21)24(28)30/h3-15H,1-2H3,(H,27,29). The highest BCUT2D eigenvalue weighted by Crippen LogP contribution is 2.22. The molecule has 0 saturated heterocycles. The average Bonchev–Trinajstić information content (AvgIpc) is 2.79. The van der Waals surface area contributed by atoms with E-state index >= 15 is 0 Å². The zero-order chi connectivity index (χ0) is 22.0. The highest BCUT2D eigenvalue weighted by molar-refractivity contribution is 5.94. The van der Waals surface area contributed by atoms with Crippen molar-refractivity contribution in [2.45, 2.75) is 13.0 Å². The molecular weight excluding hydrogens is 397 g/mol. The van der Waals surface area contributed by atoms with Gasteiger partial charge in [-0.25, -0.2) is 9.37 Å². The van der Waals surface area contributed by atoms with Crippen LogP contribution in [0.4, 0.5) is 4.39 Å². The van der Waals surface area contributed by atoms with Gasteiger partial charge in [0.25, 0.3) is 11.5 Å². The molecule has 3 aromatic carbocycles. The second-order valence-corrected chi connectivity index (χ2v) is 7.07. The third-order valence-electron chi connectivity index (χ3n) is 5.10. The molecule has 4 aromatic rings. The normalized spacial score (nSPS) is 11.8. The Hall–Kier alpha value is -4.00. The van der Waals surface area contributed by atoms with Gasteiger partial charge in [-0.3, -0.25) is 14.2 Å². The first kappa shape index (κ1) is 20.3. The number of amides is 1. The summed E-state index contributed by atoms with van der Waals surface area (Å²) in [5, 5.41) is 3.37. The van der Waals surface area contributed by atoms with Crippen LogP contribution in [0.15, 0.2) is 77.9 Å². The first-order valence-corrected chi connectivity index (χ1v) is 9.69. The van der Waals surface area contributed by atoms with Crippen molar-refractivity contribution in [2.75, 3.05) is 7.11 Å². The Kier molecular flexibility index (Phi) is 5.49. The molecular formula is C24H20FN3O3. The SMILES string of the molecule is COc1ccc(C(C)NC(=O)c2ccc(-n3cnc4ccccc4c3=O)cc2)cc1F. The number of nitrogens with zero attached hydrogens (tertiary/aromatic N) is 2. The van der Waals surface area contributed by atoms with Crippen LogP contribution in [0.3, 0.4) is 0 Å². The summed E-state index contributed by atoms with van der Waals surface area (Å²) in [4.78, 5) is 29.7. The van der Waals surface area contributed by atoms with Gasteiger partial charge in [0.1, 0.15) is 6.33 Å². The maximum Gasteiger partial charge on any atom is 0.265 e. The summed E-state index contributed by atoms with van der Waals surface area (Å²) in [6, 6.07) is 17.9. The number of nitrogens with one attached hydrogen (secondary N) is 1. The van der Waals surface area contributed by atoms with E-state index in [2.05, 4.69) is 10.3 Å². The van der Waals surface area contributed by atoms with Gasteiger partial charge in [0, 0.05) is 5.56 Å². The Bertz CT molecular complexity index is 1320. The molecule has 1 unspecified atom stereocenters. The fraction of sp³-hybridized carbons (Fsp3) is 0.125. The monoisotopic (exact) mass is 417 g/mol. The maximum atomic E-state index is 13.9. The van der Waals surface area contributed by atoms with Crippen molar-refractivity contribution in [3.05, 3.63) is 100 Å². The Labute approximate surface area is 177 Å². The molecule has 0 aliphatic rings. The van der Waals surface area contributed by atoms with Gasteiger partial charge in [-0.2, -0.15) is 0 Å². The van der Waals surface area contributed by atoms with Crippen LogP contribution in [0.5, 0.6) is 5.75 Å². The Morgan fingerprint density at radius 2 is 1.84 bits per heavy atom. The van der Waals surface area contributed by atoms with E-state index in [-0.39, 0.29) is 17.2 Å². The molecule has 0 radical (unpaired) electrons. The fourth-order valence-corrected chi connectivity index (χ4v) is 3.34. The van der Waals surface area contributed by atoms with Crippen LogP contribution in [0.2, 0.25) is 0 Å². The van der Waals surface area contributed by atoms with Crippen molar-refractivity contribution >= 4 is 16.8 Å². The van der Waals surface area contributed by atoms with E-state index in [4.69, 9.17) is 4.74 Å². The lowest BCUT2D eigenvalue weighted by Gasteiger charge is -2.15. The Morgan fingerprint density at radius 1 is 1.10 bits per heavy atom. The van der Waals surface area contributed by atoms with Gasteiger partial charge in [0.05, 0.1) is 29.7 Å². The summed E-state index contributed by atoms with van der Waals surface area (Å²) in [6.07, 6.45) is 1.47. The summed E-state index contributed by atoms with van der Waals surface area (Å²) in [6.45, 7) is 1.77. The van der Waals surface area contributed by atoms with Crippen molar-refractivity contribution in [2.24, 2.45) is 0 Å². The maximum absolute atomic E-state index is 13.9. The molecule has 7 heteroatoms. The highest BCUT2D eigenvalue weighted by Gasteiger charge is 2.14. The van der Waals surface area contributed by atoms with E-state index < -0.39 is 11.9 Å². The highest BCUT2D eigenvalue weighted by atomic mass is 19.1. The van der Waals surface area contributed by atoms with Crippen LogP contribution in [-0.2, 0) is 0 Å². The molecule has 1 amide bonds. The number of carbonyl (C=O) groups is 1. The number of fused-ring (bicyclic) bond motifs is 1. The topological polar surface area (TPSA) is 73.2 Å². The van der Waals surface area contributed by atoms with Crippen LogP contribution in [0.1, 0.15) is 28.9 Å². The van der Waals surface area contributed by atoms with Crippen molar-refractivity contribution in [3.63, 3.8) is 0 Å². The number of halogens is 1. The van der Waals surface area contributed by atoms with Crippen molar-refractivity contribution in [1.29, 1.82) is 0 Å². The molecule has 0 saturated carbocycles. The number of benzene rings is 3. The molecule has 31 heavy (non-hydrogen) atoms. The summed E-state index contributed by atoms with van der Waals surface area (Å²) in [7, 11) is 1.40. The van der Waals surface area contributed by atoms with E-state index in [0.29, 0.717) is 27.7 Å². The van der Waals surface area contributed by atoms with Crippen LogP contribution >= 0.6 is 0 Å². The lowest BCUT2D eigenvalue weighted by molar-refractivity contribution is 0.0940. The molecule has 156 valence electrons. The number of hydrogen-bond donors (Lipinski definition) is 1. The average molecular weight is 417 g/mol. The van der Waals surface area contributed by atoms with Gasteiger partial charge in [0.2, 0.25) is 0 Å². The second kappa shape index (κ2) is 8.39. The van der Waals surface area contributed by atoms with E-state index in [1.165, 1.54) is 30.1 Å². The second-order valence-electron chi connectivity index (χ2n) is 7.07. The zero-order valence-corrected chi connectivity index (χ0v) is 17.0. The number of hydrogen-bond acceptors (Lipinski definition) is 4. The molecule has 6 nitrogen and oxygen atoms in total. The third-order valence-corrected chi connectivity index (χ3v) is 5.10. The number of rotatable bonds is 5. The molecule has 4 rings (SSSR count). The van der Waals surface area contributed by atoms with Crippen LogP contribution < -0.4 is 15.6 Å². The molecule has 0 bridgehead atoms. The molecule has 0 aliphatic carbocycles. The Balaban J connectivity index is 1.53. The van der Waals surface area contributed by atoms with Gasteiger partial charge in [-0.1, -0.05) is 18.2 Å².